The van der Waals surface area contributed by atoms with Gasteiger partial charge in [0.1, 0.15) is 6.10 Å². The Hall–Kier alpha value is -1.43. The monoisotopic (exact) mass is 321 g/mol. The van der Waals surface area contributed by atoms with E-state index < -0.39 is 0 Å². The van der Waals surface area contributed by atoms with Gasteiger partial charge in [0.05, 0.1) is 13.2 Å². The topological polar surface area (TPSA) is 68.5 Å². The summed E-state index contributed by atoms with van der Waals surface area (Å²) in [4.78, 5) is 19.1. The maximum Gasteiger partial charge on any atom is 0.229 e. The first-order valence-corrected chi connectivity index (χ1v) is 8.78. The molecule has 0 unspecified atom stereocenters. The van der Waals surface area contributed by atoms with Crippen molar-refractivity contribution in [1.29, 1.82) is 0 Å². The molecule has 2 fully saturated rings. The number of aromatic nitrogens is 2. The van der Waals surface area contributed by atoms with Crippen LogP contribution in [-0.2, 0) is 9.53 Å². The lowest BCUT2D eigenvalue weighted by molar-refractivity contribution is -0.145. The molecule has 128 valence electrons. The van der Waals surface area contributed by atoms with Gasteiger partial charge in [-0.25, -0.2) is 0 Å². The van der Waals surface area contributed by atoms with Crippen LogP contribution in [0.1, 0.15) is 70.2 Å². The number of carbonyl (C=O) groups excluding carboxylic acids is 1. The Kier molecular flexibility index (Phi) is 4.99. The van der Waals surface area contributed by atoms with Crippen LogP contribution in [0.25, 0.3) is 0 Å². The van der Waals surface area contributed by atoms with Gasteiger partial charge in [0.15, 0.2) is 0 Å². The number of hydrogen-bond donors (Lipinski definition) is 0. The van der Waals surface area contributed by atoms with Gasteiger partial charge in [-0.3, -0.25) is 4.79 Å². The molecule has 1 saturated heterocycles. The predicted octanol–water partition coefficient (Wildman–Crippen LogP) is 2.92. The molecule has 6 nitrogen and oxygen atoms in total. The highest BCUT2D eigenvalue weighted by Gasteiger charge is 2.33. The molecular weight excluding hydrogens is 294 g/mol. The average Bonchev–Trinajstić information content (AvgIpc) is 3.05. The van der Waals surface area contributed by atoms with Crippen LogP contribution in [0.2, 0.25) is 0 Å². The van der Waals surface area contributed by atoms with Crippen molar-refractivity contribution in [2.75, 3.05) is 19.7 Å². The van der Waals surface area contributed by atoms with E-state index in [2.05, 4.69) is 17.1 Å². The van der Waals surface area contributed by atoms with Crippen LogP contribution < -0.4 is 0 Å². The van der Waals surface area contributed by atoms with Crippen LogP contribution in [0.15, 0.2) is 4.52 Å². The number of morpholine rings is 1. The Morgan fingerprint density at radius 3 is 2.65 bits per heavy atom. The molecular formula is C17H27N3O3. The molecule has 2 heterocycles. The fourth-order valence-electron chi connectivity index (χ4n) is 3.38. The van der Waals surface area contributed by atoms with Crippen molar-refractivity contribution >= 4 is 5.91 Å². The fourth-order valence-corrected chi connectivity index (χ4v) is 3.38. The molecule has 2 aliphatic rings. The first-order chi connectivity index (χ1) is 11.0. The van der Waals surface area contributed by atoms with E-state index >= 15 is 0 Å². The number of rotatable bonds is 3. The van der Waals surface area contributed by atoms with Crippen molar-refractivity contribution in [2.45, 2.75) is 58.5 Å². The van der Waals surface area contributed by atoms with Crippen LogP contribution in [-0.4, -0.2) is 40.6 Å². The van der Waals surface area contributed by atoms with Gasteiger partial charge >= 0.3 is 0 Å². The molecule has 0 radical (unpaired) electrons. The maximum atomic E-state index is 12.8. The molecule has 1 aliphatic carbocycles. The standard InChI is InChI=1S/C17H27N3O3/c1-11(2)16-18-15(19-23-16)14-10-20(8-9-22-14)17(21)13-6-4-12(3)5-7-13/h11-14H,4-10H2,1-3H3/t12?,13?,14-/m0/s1. The second-order valence-corrected chi connectivity index (χ2v) is 7.25. The lowest BCUT2D eigenvalue weighted by atomic mass is 9.82. The molecule has 6 heteroatoms. The van der Waals surface area contributed by atoms with E-state index in [0.717, 1.165) is 31.6 Å². The molecule has 1 aromatic rings. The van der Waals surface area contributed by atoms with E-state index in [1.54, 1.807) is 0 Å². The minimum Gasteiger partial charge on any atom is -0.366 e. The average molecular weight is 321 g/mol. The Morgan fingerprint density at radius 1 is 1.26 bits per heavy atom. The van der Waals surface area contributed by atoms with Crippen LogP contribution in [0.4, 0.5) is 0 Å². The number of amides is 1. The van der Waals surface area contributed by atoms with E-state index in [1.807, 2.05) is 18.7 Å². The summed E-state index contributed by atoms with van der Waals surface area (Å²) in [5.74, 6) is 2.59. The molecule has 1 aromatic heterocycles. The highest BCUT2D eigenvalue weighted by Crippen LogP contribution is 2.31. The zero-order chi connectivity index (χ0) is 16.4. The molecule has 1 saturated carbocycles. The summed E-state index contributed by atoms with van der Waals surface area (Å²) in [6.07, 6.45) is 4.08. The first kappa shape index (κ1) is 16.4. The molecule has 0 aromatic carbocycles. The van der Waals surface area contributed by atoms with Crippen molar-refractivity contribution in [2.24, 2.45) is 11.8 Å². The predicted molar refractivity (Wildman–Crippen MR) is 84.8 cm³/mol. The number of ether oxygens (including phenoxy) is 1. The SMILES string of the molecule is CC1CCC(C(=O)N2CCO[C@H](c3noc(C(C)C)n3)C2)CC1. The van der Waals surface area contributed by atoms with E-state index in [-0.39, 0.29) is 23.8 Å². The quantitative estimate of drug-likeness (QED) is 0.856. The Morgan fingerprint density at radius 2 is 2.00 bits per heavy atom. The van der Waals surface area contributed by atoms with Crippen molar-refractivity contribution in [3.05, 3.63) is 11.7 Å². The third-order valence-electron chi connectivity index (χ3n) is 4.98. The van der Waals surface area contributed by atoms with Crippen molar-refractivity contribution in [1.82, 2.24) is 15.0 Å². The van der Waals surface area contributed by atoms with Crippen LogP contribution in [0.5, 0.6) is 0 Å². The summed E-state index contributed by atoms with van der Waals surface area (Å²) in [6, 6.07) is 0. The molecule has 0 N–H and O–H groups in total. The third kappa shape index (κ3) is 3.74. The molecule has 1 atom stereocenters. The van der Waals surface area contributed by atoms with Gasteiger partial charge in [0, 0.05) is 18.4 Å². The fraction of sp³-hybridized carbons (Fsp3) is 0.824. The van der Waals surface area contributed by atoms with Gasteiger partial charge in [0.25, 0.3) is 0 Å². The maximum absolute atomic E-state index is 12.8. The van der Waals surface area contributed by atoms with E-state index in [9.17, 15) is 4.79 Å². The van der Waals surface area contributed by atoms with Gasteiger partial charge < -0.3 is 14.2 Å². The normalized spacial score (nSPS) is 29.0. The number of nitrogens with zero attached hydrogens (tertiary/aromatic N) is 3. The summed E-state index contributed by atoms with van der Waals surface area (Å²) >= 11 is 0. The summed E-state index contributed by atoms with van der Waals surface area (Å²) in [7, 11) is 0. The Balaban J connectivity index is 1.62. The Bertz CT molecular complexity index is 535. The van der Waals surface area contributed by atoms with Crippen LogP contribution in [0.3, 0.4) is 0 Å². The lowest BCUT2D eigenvalue weighted by Gasteiger charge is -2.35. The molecule has 1 amide bonds. The summed E-state index contributed by atoms with van der Waals surface area (Å²) in [5, 5.41) is 4.03. The summed E-state index contributed by atoms with van der Waals surface area (Å²) < 4.78 is 11.0. The van der Waals surface area contributed by atoms with Crippen molar-refractivity contribution in [3.8, 4) is 0 Å². The van der Waals surface area contributed by atoms with Crippen molar-refractivity contribution in [3.63, 3.8) is 0 Å². The minimum absolute atomic E-state index is 0.182. The highest BCUT2D eigenvalue weighted by atomic mass is 16.5. The highest BCUT2D eigenvalue weighted by molar-refractivity contribution is 5.79. The summed E-state index contributed by atoms with van der Waals surface area (Å²) in [5.41, 5.74) is 0. The van der Waals surface area contributed by atoms with Crippen LogP contribution in [0, 0.1) is 11.8 Å². The third-order valence-corrected chi connectivity index (χ3v) is 4.98. The van der Waals surface area contributed by atoms with E-state index in [0.29, 0.717) is 31.4 Å². The van der Waals surface area contributed by atoms with Gasteiger partial charge in [0.2, 0.25) is 17.6 Å². The zero-order valence-electron chi connectivity index (χ0n) is 14.3. The molecule has 23 heavy (non-hydrogen) atoms. The van der Waals surface area contributed by atoms with E-state index in [4.69, 9.17) is 9.26 Å². The minimum atomic E-state index is -0.272. The molecule has 0 bridgehead atoms. The smallest absolute Gasteiger partial charge is 0.229 e. The van der Waals surface area contributed by atoms with Gasteiger partial charge in [-0.15, -0.1) is 0 Å². The second kappa shape index (κ2) is 6.99. The van der Waals surface area contributed by atoms with Gasteiger partial charge in [-0.2, -0.15) is 4.98 Å². The zero-order valence-corrected chi connectivity index (χ0v) is 14.3. The van der Waals surface area contributed by atoms with Gasteiger partial charge in [-0.1, -0.05) is 25.9 Å². The number of carbonyl (C=O) groups is 1. The largest absolute Gasteiger partial charge is 0.366 e. The first-order valence-electron chi connectivity index (χ1n) is 8.78. The molecule has 1 aliphatic heterocycles. The Labute approximate surface area is 137 Å². The van der Waals surface area contributed by atoms with Crippen LogP contribution >= 0.6 is 0 Å². The summed E-state index contributed by atoms with van der Waals surface area (Å²) in [6.45, 7) is 8.02. The van der Waals surface area contributed by atoms with Crippen molar-refractivity contribution < 1.29 is 14.1 Å². The van der Waals surface area contributed by atoms with E-state index in [1.165, 1.54) is 0 Å². The second-order valence-electron chi connectivity index (χ2n) is 7.25. The molecule has 0 spiro atoms. The lowest BCUT2D eigenvalue weighted by Crippen LogP contribution is -2.45. The number of hydrogen-bond acceptors (Lipinski definition) is 5. The van der Waals surface area contributed by atoms with Gasteiger partial charge in [-0.05, 0) is 31.6 Å². The molecule has 3 rings (SSSR count).